The van der Waals surface area contributed by atoms with E-state index in [-0.39, 0.29) is 17.9 Å². The van der Waals surface area contributed by atoms with Crippen LogP contribution in [0.15, 0.2) is 0 Å². The number of hydrogen-bond donors (Lipinski definition) is 3. The molecule has 0 unspecified atom stereocenters. The van der Waals surface area contributed by atoms with Gasteiger partial charge in [-0.2, -0.15) is 0 Å². The Balaban J connectivity index is 1.98. The minimum absolute atomic E-state index is 0.0399. The third-order valence-electron chi connectivity index (χ3n) is 1.68. The van der Waals surface area contributed by atoms with Crippen LogP contribution in [0, 0.1) is 0 Å². The van der Waals surface area contributed by atoms with Gasteiger partial charge in [0.25, 0.3) is 0 Å². The molecular weight excluding hydrogens is 158 g/mol. The first-order valence-electron chi connectivity index (χ1n) is 4.01. The Morgan fingerprint density at radius 3 is 2.83 bits per heavy atom. The molecule has 68 valence electrons. The largest absolute Gasteiger partial charge is 0.355 e. The van der Waals surface area contributed by atoms with Crippen molar-refractivity contribution in [3.63, 3.8) is 0 Å². The van der Waals surface area contributed by atoms with Crippen LogP contribution in [0.2, 0.25) is 0 Å². The maximum absolute atomic E-state index is 10.9. The van der Waals surface area contributed by atoms with E-state index in [1.165, 1.54) is 0 Å². The number of nitrogens with two attached hydrogens (primary N) is 1. The summed E-state index contributed by atoms with van der Waals surface area (Å²) in [7, 11) is 0. The molecular formula is C7H13N3O2. The fourth-order valence-electron chi connectivity index (χ4n) is 0.909. The maximum atomic E-state index is 10.9. The Labute approximate surface area is 70.7 Å². The lowest BCUT2D eigenvalue weighted by atomic mass is 10.2. The molecule has 1 atom stereocenters. The number of hydrogen-bond acceptors (Lipinski definition) is 3. The fourth-order valence-corrected chi connectivity index (χ4v) is 0.909. The van der Waals surface area contributed by atoms with Gasteiger partial charge < -0.3 is 16.4 Å². The van der Waals surface area contributed by atoms with Gasteiger partial charge in [-0.15, -0.1) is 0 Å². The Bertz CT molecular complexity index is 193. The van der Waals surface area contributed by atoms with Crippen LogP contribution >= 0.6 is 0 Å². The second-order valence-corrected chi connectivity index (χ2v) is 2.74. The van der Waals surface area contributed by atoms with Gasteiger partial charge in [0.1, 0.15) is 6.04 Å². The van der Waals surface area contributed by atoms with Crippen LogP contribution in [0.1, 0.15) is 12.8 Å². The van der Waals surface area contributed by atoms with Crippen LogP contribution in [0.3, 0.4) is 0 Å². The van der Waals surface area contributed by atoms with Gasteiger partial charge in [0.15, 0.2) is 0 Å². The zero-order valence-electron chi connectivity index (χ0n) is 6.80. The molecule has 1 rings (SSSR count). The van der Waals surface area contributed by atoms with Gasteiger partial charge in [0, 0.05) is 19.5 Å². The van der Waals surface area contributed by atoms with Crippen molar-refractivity contribution in [3.8, 4) is 0 Å². The second kappa shape index (κ2) is 4.06. The molecule has 0 saturated carbocycles. The molecule has 0 aromatic heterocycles. The molecule has 0 radical (unpaired) electrons. The second-order valence-electron chi connectivity index (χ2n) is 2.74. The average Bonchev–Trinajstić information content (AvgIpc) is 2.75. The highest BCUT2D eigenvalue weighted by atomic mass is 16.2. The van der Waals surface area contributed by atoms with Crippen LogP contribution in [0.4, 0.5) is 0 Å². The highest BCUT2D eigenvalue weighted by Gasteiger charge is 2.32. The molecule has 2 amide bonds. The van der Waals surface area contributed by atoms with E-state index in [1.807, 2.05) is 0 Å². The lowest BCUT2D eigenvalue weighted by Gasteiger charge is -2.00. The zero-order valence-corrected chi connectivity index (χ0v) is 6.80. The van der Waals surface area contributed by atoms with Crippen molar-refractivity contribution in [1.29, 1.82) is 0 Å². The van der Waals surface area contributed by atoms with E-state index in [2.05, 4.69) is 10.6 Å². The summed E-state index contributed by atoms with van der Waals surface area (Å²) < 4.78 is 0. The van der Waals surface area contributed by atoms with E-state index in [1.54, 1.807) is 0 Å². The molecule has 0 bridgehead atoms. The van der Waals surface area contributed by atoms with Gasteiger partial charge in [-0.25, -0.2) is 0 Å². The van der Waals surface area contributed by atoms with E-state index < -0.39 is 0 Å². The third-order valence-corrected chi connectivity index (χ3v) is 1.68. The van der Waals surface area contributed by atoms with Gasteiger partial charge in [0.05, 0.1) is 0 Å². The molecule has 1 saturated heterocycles. The quantitative estimate of drug-likeness (QED) is 0.432. The number of rotatable bonds is 5. The van der Waals surface area contributed by atoms with Crippen LogP contribution in [0.25, 0.3) is 0 Å². The molecule has 4 N–H and O–H groups in total. The predicted molar refractivity (Wildman–Crippen MR) is 43.2 cm³/mol. The zero-order chi connectivity index (χ0) is 8.97. The standard InChI is InChI=1S/C7H13N3O2/c8-3-4-9-6(11)2-1-5-7(12)10-5/h5H,1-4,8H2,(H,9,11)(H,10,12)/t5-/m1/s1. The maximum Gasteiger partial charge on any atom is 0.243 e. The van der Waals surface area contributed by atoms with Gasteiger partial charge in [-0.05, 0) is 6.42 Å². The summed E-state index contributed by atoms with van der Waals surface area (Å²) in [6, 6.07) is -0.0753. The Morgan fingerprint density at radius 1 is 1.67 bits per heavy atom. The van der Waals surface area contributed by atoms with Gasteiger partial charge >= 0.3 is 0 Å². The van der Waals surface area contributed by atoms with Crippen molar-refractivity contribution in [2.75, 3.05) is 13.1 Å². The van der Waals surface area contributed by atoms with Crippen LogP contribution in [0.5, 0.6) is 0 Å². The van der Waals surface area contributed by atoms with Crippen LogP contribution < -0.4 is 16.4 Å². The summed E-state index contributed by atoms with van der Waals surface area (Å²) in [5.41, 5.74) is 5.19. The van der Waals surface area contributed by atoms with Crippen molar-refractivity contribution in [1.82, 2.24) is 10.6 Å². The molecule has 1 heterocycles. The van der Waals surface area contributed by atoms with Crippen LogP contribution in [-0.2, 0) is 9.59 Å². The van der Waals surface area contributed by atoms with E-state index in [4.69, 9.17) is 5.73 Å². The molecule has 0 spiro atoms. The molecule has 1 aliphatic heterocycles. The SMILES string of the molecule is NCCNC(=O)CC[C@H]1NC1=O. The smallest absolute Gasteiger partial charge is 0.243 e. The Morgan fingerprint density at radius 2 is 2.33 bits per heavy atom. The highest BCUT2D eigenvalue weighted by Crippen LogP contribution is 2.07. The summed E-state index contributed by atoms with van der Waals surface area (Å²) in [5.74, 6) is 0.00331. The first kappa shape index (κ1) is 8.99. The summed E-state index contributed by atoms with van der Waals surface area (Å²) in [4.78, 5) is 21.4. The molecule has 0 aromatic rings. The molecule has 1 fully saturated rings. The van der Waals surface area contributed by atoms with Crippen molar-refractivity contribution >= 4 is 11.8 Å². The topological polar surface area (TPSA) is 94.1 Å². The van der Waals surface area contributed by atoms with Crippen molar-refractivity contribution in [2.45, 2.75) is 18.9 Å². The van der Waals surface area contributed by atoms with Crippen molar-refractivity contribution in [2.24, 2.45) is 5.73 Å². The van der Waals surface area contributed by atoms with Gasteiger partial charge in [-0.1, -0.05) is 0 Å². The minimum Gasteiger partial charge on any atom is -0.355 e. The number of nitrogens with one attached hydrogen (secondary N) is 2. The molecule has 1 aliphatic rings. The molecule has 0 aromatic carbocycles. The van der Waals surface area contributed by atoms with E-state index in [0.29, 0.717) is 25.9 Å². The number of carbonyl (C=O) groups is 2. The van der Waals surface area contributed by atoms with Crippen LogP contribution in [-0.4, -0.2) is 30.9 Å². The fraction of sp³-hybridized carbons (Fsp3) is 0.714. The normalized spacial score (nSPS) is 20.1. The lowest BCUT2D eigenvalue weighted by molar-refractivity contribution is -0.121. The summed E-state index contributed by atoms with van der Waals surface area (Å²) in [6.07, 6.45) is 0.985. The summed E-state index contributed by atoms with van der Waals surface area (Å²) in [6.45, 7) is 0.956. The van der Waals surface area contributed by atoms with E-state index in [9.17, 15) is 9.59 Å². The monoisotopic (exact) mass is 171 g/mol. The summed E-state index contributed by atoms with van der Waals surface area (Å²) >= 11 is 0. The average molecular weight is 171 g/mol. The predicted octanol–water partition coefficient (Wildman–Crippen LogP) is -1.66. The molecule has 5 nitrogen and oxygen atoms in total. The number of amides is 2. The molecule has 0 aliphatic carbocycles. The number of carbonyl (C=O) groups excluding carboxylic acids is 2. The van der Waals surface area contributed by atoms with Gasteiger partial charge in [0.2, 0.25) is 11.8 Å². The molecule has 5 heteroatoms. The highest BCUT2D eigenvalue weighted by molar-refractivity contribution is 5.97. The van der Waals surface area contributed by atoms with E-state index >= 15 is 0 Å². The Kier molecular flexibility index (Phi) is 3.04. The van der Waals surface area contributed by atoms with Crippen molar-refractivity contribution in [3.05, 3.63) is 0 Å². The Hall–Kier alpha value is -1.10. The van der Waals surface area contributed by atoms with Gasteiger partial charge in [-0.3, -0.25) is 9.59 Å². The minimum atomic E-state index is -0.0753. The summed E-state index contributed by atoms with van der Waals surface area (Å²) in [5, 5.41) is 5.23. The van der Waals surface area contributed by atoms with Crippen molar-refractivity contribution < 1.29 is 9.59 Å². The third kappa shape index (κ3) is 2.87. The molecule has 12 heavy (non-hydrogen) atoms. The first-order valence-corrected chi connectivity index (χ1v) is 4.01. The lowest BCUT2D eigenvalue weighted by Crippen LogP contribution is -2.29. The van der Waals surface area contributed by atoms with E-state index in [0.717, 1.165) is 0 Å². The first-order chi connectivity index (χ1) is 5.74.